The number of aryl methyl sites for hydroxylation is 1. The molecule has 0 saturated carbocycles. The maximum absolute atomic E-state index is 12.5. The molecule has 3 nitrogen and oxygen atoms in total. The summed E-state index contributed by atoms with van der Waals surface area (Å²) in [4.78, 5) is 15.7. The predicted molar refractivity (Wildman–Crippen MR) is 86.0 cm³/mol. The van der Waals surface area contributed by atoms with E-state index in [1.165, 1.54) is 12.8 Å². The minimum absolute atomic E-state index is 0.0320. The maximum Gasteiger partial charge on any atom is 0.235 e. The molecule has 0 bridgehead atoms. The average Bonchev–Trinajstić information content (AvgIpc) is 2.70. The lowest BCUT2D eigenvalue weighted by Crippen LogP contribution is -2.37. The monoisotopic (exact) mass is 292 g/mol. The zero-order valence-electron chi connectivity index (χ0n) is 12.4. The Balaban J connectivity index is 1.99. The van der Waals surface area contributed by atoms with E-state index in [1.54, 1.807) is 11.8 Å². The van der Waals surface area contributed by atoms with Crippen LogP contribution < -0.4 is 5.73 Å². The van der Waals surface area contributed by atoms with Crippen molar-refractivity contribution in [1.29, 1.82) is 0 Å². The van der Waals surface area contributed by atoms with Gasteiger partial charge in [-0.15, -0.1) is 11.8 Å². The molecule has 1 fully saturated rings. The first-order valence-electron chi connectivity index (χ1n) is 7.39. The second-order valence-electron chi connectivity index (χ2n) is 5.52. The van der Waals surface area contributed by atoms with E-state index in [9.17, 15) is 4.79 Å². The van der Waals surface area contributed by atoms with Gasteiger partial charge in [-0.1, -0.05) is 12.8 Å². The summed E-state index contributed by atoms with van der Waals surface area (Å²) >= 11 is 1.64. The van der Waals surface area contributed by atoms with Gasteiger partial charge in [0.15, 0.2) is 0 Å². The number of hydrogen-bond donors (Lipinski definition) is 1. The predicted octanol–water partition coefficient (Wildman–Crippen LogP) is 3.46. The highest BCUT2D eigenvalue weighted by Gasteiger charge is 2.22. The van der Waals surface area contributed by atoms with Gasteiger partial charge in [-0.25, -0.2) is 0 Å². The number of likely N-dealkylation sites (tertiary alicyclic amines) is 1. The van der Waals surface area contributed by atoms with Gasteiger partial charge in [0.05, 0.1) is 5.25 Å². The van der Waals surface area contributed by atoms with Crippen LogP contribution in [-0.4, -0.2) is 29.1 Å². The standard InChI is InChI=1S/C16H24N2OS/c1-12-11-14(17)7-8-15(12)20-13(2)16(19)18-9-5-3-4-6-10-18/h7-8,11,13H,3-6,9-10,17H2,1-2H3. The van der Waals surface area contributed by atoms with E-state index in [0.29, 0.717) is 0 Å². The Morgan fingerprint density at radius 3 is 2.50 bits per heavy atom. The van der Waals surface area contributed by atoms with Crippen molar-refractivity contribution in [3.05, 3.63) is 23.8 Å². The summed E-state index contributed by atoms with van der Waals surface area (Å²) in [5, 5.41) is -0.0320. The van der Waals surface area contributed by atoms with Crippen LogP contribution in [0.25, 0.3) is 0 Å². The van der Waals surface area contributed by atoms with Crippen molar-refractivity contribution in [3.63, 3.8) is 0 Å². The molecule has 1 atom stereocenters. The van der Waals surface area contributed by atoms with Gasteiger partial charge in [0.1, 0.15) is 0 Å². The van der Waals surface area contributed by atoms with Crippen molar-refractivity contribution in [2.45, 2.75) is 49.7 Å². The Bertz CT molecular complexity index is 468. The fraction of sp³-hybridized carbons (Fsp3) is 0.562. The summed E-state index contributed by atoms with van der Waals surface area (Å²) in [5.41, 5.74) is 7.69. The van der Waals surface area contributed by atoms with Gasteiger partial charge < -0.3 is 10.6 Å². The average molecular weight is 292 g/mol. The molecule has 1 amide bonds. The number of carbonyl (C=O) groups is 1. The molecule has 0 radical (unpaired) electrons. The number of nitrogen functional groups attached to an aromatic ring is 1. The third kappa shape index (κ3) is 3.92. The molecule has 4 heteroatoms. The van der Waals surface area contributed by atoms with Crippen LogP contribution in [0.3, 0.4) is 0 Å². The smallest absolute Gasteiger partial charge is 0.235 e. The Hall–Kier alpha value is -1.16. The van der Waals surface area contributed by atoms with Gasteiger partial charge in [0, 0.05) is 23.7 Å². The molecule has 0 aromatic heterocycles. The number of rotatable bonds is 3. The Kier molecular flexibility index (Phi) is 5.35. The normalized spacial score (nSPS) is 17.6. The van der Waals surface area contributed by atoms with Crippen LogP contribution >= 0.6 is 11.8 Å². The summed E-state index contributed by atoms with van der Waals surface area (Å²) in [5.74, 6) is 0.271. The van der Waals surface area contributed by atoms with Gasteiger partial charge >= 0.3 is 0 Å². The molecule has 110 valence electrons. The van der Waals surface area contributed by atoms with Gasteiger partial charge in [-0.05, 0) is 50.5 Å². The number of thioether (sulfide) groups is 1. The number of nitrogens with two attached hydrogens (primary N) is 1. The fourth-order valence-corrected chi connectivity index (χ4v) is 3.62. The summed E-state index contributed by atoms with van der Waals surface area (Å²) in [7, 11) is 0. The first-order valence-corrected chi connectivity index (χ1v) is 8.27. The lowest BCUT2D eigenvalue weighted by molar-refractivity contribution is -0.130. The molecule has 1 unspecified atom stereocenters. The molecule has 0 aliphatic carbocycles. The van der Waals surface area contributed by atoms with Crippen LogP contribution in [0.2, 0.25) is 0 Å². The molecule has 2 N–H and O–H groups in total. The molecule has 20 heavy (non-hydrogen) atoms. The lowest BCUT2D eigenvalue weighted by Gasteiger charge is -2.24. The molecular weight excluding hydrogens is 268 g/mol. The van der Waals surface area contributed by atoms with E-state index in [1.807, 2.05) is 36.9 Å². The molecule has 2 rings (SSSR count). The molecule has 1 heterocycles. The van der Waals surface area contributed by atoms with E-state index in [4.69, 9.17) is 5.73 Å². The number of amides is 1. The summed E-state index contributed by atoms with van der Waals surface area (Å²) in [6.45, 7) is 5.89. The van der Waals surface area contributed by atoms with Crippen LogP contribution in [0.15, 0.2) is 23.1 Å². The Labute approximate surface area is 125 Å². The molecule has 1 saturated heterocycles. The second-order valence-corrected chi connectivity index (χ2v) is 6.91. The zero-order chi connectivity index (χ0) is 14.5. The molecular formula is C16H24N2OS. The first kappa shape index (κ1) is 15.2. The molecule has 1 aliphatic rings. The summed E-state index contributed by atoms with van der Waals surface area (Å²) in [6.07, 6.45) is 4.79. The molecule has 0 spiro atoms. The lowest BCUT2D eigenvalue weighted by atomic mass is 10.2. The highest BCUT2D eigenvalue weighted by Crippen LogP contribution is 2.29. The third-order valence-corrected chi connectivity index (χ3v) is 5.04. The van der Waals surface area contributed by atoms with Crippen LogP contribution in [0.4, 0.5) is 5.69 Å². The van der Waals surface area contributed by atoms with Crippen LogP contribution in [0, 0.1) is 6.92 Å². The van der Waals surface area contributed by atoms with Crippen molar-refractivity contribution in [2.75, 3.05) is 18.8 Å². The minimum atomic E-state index is -0.0320. The quantitative estimate of drug-likeness (QED) is 0.685. The maximum atomic E-state index is 12.5. The number of hydrogen-bond acceptors (Lipinski definition) is 3. The molecule has 1 aromatic rings. The van der Waals surface area contributed by atoms with Crippen molar-refractivity contribution >= 4 is 23.4 Å². The van der Waals surface area contributed by atoms with E-state index in [2.05, 4.69) is 0 Å². The van der Waals surface area contributed by atoms with E-state index >= 15 is 0 Å². The topological polar surface area (TPSA) is 46.3 Å². The van der Waals surface area contributed by atoms with Gasteiger partial charge in [0.25, 0.3) is 0 Å². The highest BCUT2D eigenvalue weighted by molar-refractivity contribution is 8.00. The van der Waals surface area contributed by atoms with E-state index < -0.39 is 0 Å². The van der Waals surface area contributed by atoms with Crippen molar-refractivity contribution in [1.82, 2.24) is 4.90 Å². The van der Waals surface area contributed by atoms with Crippen molar-refractivity contribution < 1.29 is 4.79 Å². The SMILES string of the molecule is Cc1cc(N)ccc1SC(C)C(=O)N1CCCCCC1. The summed E-state index contributed by atoms with van der Waals surface area (Å²) < 4.78 is 0. The number of benzene rings is 1. The Morgan fingerprint density at radius 1 is 1.25 bits per heavy atom. The summed E-state index contributed by atoms with van der Waals surface area (Å²) in [6, 6.07) is 5.88. The zero-order valence-corrected chi connectivity index (χ0v) is 13.2. The van der Waals surface area contributed by atoms with Crippen LogP contribution in [0.1, 0.15) is 38.2 Å². The Morgan fingerprint density at radius 2 is 1.90 bits per heavy atom. The number of carbonyl (C=O) groups excluding carboxylic acids is 1. The highest BCUT2D eigenvalue weighted by atomic mass is 32.2. The van der Waals surface area contributed by atoms with Crippen molar-refractivity contribution in [2.24, 2.45) is 0 Å². The fourth-order valence-electron chi connectivity index (χ4n) is 2.59. The number of anilines is 1. The van der Waals surface area contributed by atoms with Crippen molar-refractivity contribution in [3.8, 4) is 0 Å². The minimum Gasteiger partial charge on any atom is -0.399 e. The molecule has 1 aromatic carbocycles. The van der Waals surface area contributed by atoms with Gasteiger partial charge in [-0.2, -0.15) is 0 Å². The first-order chi connectivity index (χ1) is 9.58. The third-order valence-electron chi connectivity index (χ3n) is 3.77. The van der Waals surface area contributed by atoms with E-state index in [0.717, 1.165) is 42.1 Å². The van der Waals surface area contributed by atoms with Gasteiger partial charge in [-0.3, -0.25) is 4.79 Å². The van der Waals surface area contributed by atoms with E-state index in [-0.39, 0.29) is 11.2 Å². The van der Waals surface area contributed by atoms with Crippen LogP contribution in [-0.2, 0) is 4.79 Å². The second kappa shape index (κ2) is 7.02. The van der Waals surface area contributed by atoms with Crippen LogP contribution in [0.5, 0.6) is 0 Å². The molecule has 1 aliphatic heterocycles. The number of nitrogens with zero attached hydrogens (tertiary/aromatic N) is 1. The largest absolute Gasteiger partial charge is 0.399 e. The van der Waals surface area contributed by atoms with Gasteiger partial charge in [0.2, 0.25) is 5.91 Å².